The number of hydrogen-bond donors (Lipinski definition) is 2. The molecule has 0 saturated carbocycles. The molecule has 108 valence electrons. The Morgan fingerprint density at radius 1 is 1.35 bits per heavy atom. The highest BCUT2D eigenvalue weighted by Gasteiger charge is 2.26. The Morgan fingerprint density at radius 2 is 2.05 bits per heavy atom. The van der Waals surface area contributed by atoms with Gasteiger partial charge in [0.2, 0.25) is 0 Å². The van der Waals surface area contributed by atoms with Gasteiger partial charge in [0.1, 0.15) is 0 Å². The summed E-state index contributed by atoms with van der Waals surface area (Å²) in [6.07, 6.45) is 2.09. The number of urea groups is 1. The second-order valence-electron chi connectivity index (χ2n) is 5.32. The maximum atomic E-state index is 12.2. The first-order valence-electron chi connectivity index (χ1n) is 6.91. The largest absolute Gasteiger partial charge is 0.479 e. The summed E-state index contributed by atoms with van der Waals surface area (Å²) in [5.74, 6) is -0.580. The fourth-order valence-electron chi connectivity index (χ4n) is 2.52. The maximum absolute atomic E-state index is 12.2. The molecule has 1 heterocycles. The van der Waals surface area contributed by atoms with Crippen molar-refractivity contribution in [3.8, 4) is 0 Å². The van der Waals surface area contributed by atoms with Gasteiger partial charge >= 0.3 is 12.0 Å². The van der Waals surface area contributed by atoms with Gasteiger partial charge in [-0.2, -0.15) is 0 Å². The Kier molecular flexibility index (Phi) is 4.61. The Labute approximate surface area is 118 Å². The Balaban J connectivity index is 2.05. The SMILES string of the molecule is CC1CCCN(C(=O)N[C@H](C(=O)O)c2ccccc2)C1. The first-order chi connectivity index (χ1) is 9.58. The van der Waals surface area contributed by atoms with Crippen molar-refractivity contribution in [2.24, 2.45) is 5.92 Å². The van der Waals surface area contributed by atoms with E-state index < -0.39 is 12.0 Å². The maximum Gasteiger partial charge on any atom is 0.330 e. The molecule has 0 aromatic heterocycles. The molecule has 2 rings (SSSR count). The number of piperidine rings is 1. The molecule has 20 heavy (non-hydrogen) atoms. The topological polar surface area (TPSA) is 69.6 Å². The normalized spacial score (nSPS) is 20.2. The van der Waals surface area contributed by atoms with E-state index in [4.69, 9.17) is 0 Å². The number of likely N-dealkylation sites (tertiary alicyclic amines) is 1. The van der Waals surface area contributed by atoms with Crippen molar-refractivity contribution in [2.75, 3.05) is 13.1 Å². The average molecular weight is 276 g/mol. The van der Waals surface area contributed by atoms with Crippen molar-refractivity contribution >= 4 is 12.0 Å². The third-order valence-electron chi connectivity index (χ3n) is 3.59. The molecule has 1 unspecified atom stereocenters. The summed E-state index contributed by atoms with van der Waals surface area (Å²) in [4.78, 5) is 25.2. The zero-order chi connectivity index (χ0) is 14.5. The van der Waals surface area contributed by atoms with Crippen LogP contribution < -0.4 is 5.32 Å². The number of amides is 2. The lowest BCUT2D eigenvalue weighted by molar-refractivity contribution is -0.139. The van der Waals surface area contributed by atoms with E-state index in [1.165, 1.54) is 0 Å². The lowest BCUT2D eigenvalue weighted by Gasteiger charge is -2.31. The van der Waals surface area contributed by atoms with Crippen LogP contribution in [0.1, 0.15) is 31.4 Å². The standard InChI is InChI=1S/C15H20N2O3/c1-11-6-5-9-17(10-11)15(20)16-13(14(18)19)12-7-3-2-4-8-12/h2-4,7-8,11,13H,5-6,9-10H2,1H3,(H,16,20)(H,18,19)/t11?,13-/m0/s1. The van der Waals surface area contributed by atoms with Crippen LogP contribution in [0.3, 0.4) is 0 Å². The molecule has 0 spiro atoms. The molecule has 1 aromatic rings. The second-order valence-corrected chi connectivity index (χ2v) is 5.32. The molecule has 1 aliphatic heterocycles. The van der Waals surface area contributed by atoms with Gasteiger partial charge in [-0.25, -0.2) is 9.59 Å². The minimum Gasteiger partial charge on any atom is -0.479 e. The van der Waals surface area contributed by atoms with Gasteiger partial charge in [0.05, 0.1) is 0 Å². The molecule has 0 bridgehead atoms. The molecule has 2 amide bonds. The smallest absolute Gasteiger partial charge is 0.330 e. The fourth-order valence-corrected chi connectivity index (χ4v) is 2.52. The summed E-state index contributed by atoms with van der Waals surface area (Å²) < 4.78 is 0. The van der Waals surface area contributed by atoms with Gasteiger partial charge < -0.3 is 15.3 Å². The second kappa shape index (κ2) is 6.41. The van der Waals surface area contributed by atoms with Crippen molar-refractivity contribution in [1.82, 2.24) is 10.2 Å². The summed E-state index contributed by atoms with van der Waals surface area (Å²) in [6, 6.07) is 7.46. The Morgan fingerprint density at radius 3 is 2.65 bits per heavy atom. The minimum absolute atomic E-state index is 0.298. The van der Waals surface area contributed by atoms with Crippen LogP contribution in [0, 0.1) is 5.92 Å². The fraction of sp³-hybridized carbons (Fsp3) is 0.467. The van der Waals surface area contributed by atoms with E-state index in [0.717, 1.165) is 12.8 Å². The van der Waals surface area contributed by atoms with E-state index in [0.29, 0.717) is 24.6 Å². The molecular weight excluding hydrogens is 256 g/mol. The zero-order valence-electron chi connectivity index (χ0n) is 11.6. The number of benzene rings is 1. The highest BCUT2D eigenvalue weighted by molar-refractivity contribution is 5.83. The van der Waals surface area contributed by atoms with Gasteiger partial charge in [0.15, 0.2) is 6.04 Å². The minimum atomic E-state index is -1.05. The first kappa shape index (κ1) is 14.4. The molecule has 1 fully saturated rings. The molecule has 2 N–H and O–H groups in total. The van der Waals surface area contributed by atoms with E-state index in [9.17, 15) is 14.7 Å². The number of carbonyl (C=O) groups excluding carboxylic acids is 1. The molecule has 5 nitrogen and oxygen atoms in total. The van der Waals surface area contributed by atoms with Crippen molar-refractivity contribution in [3.63, 3.8) is 0 Å². The van der Waals surface area contributed by atoms with Crippen LogP contribution in [-0.2, 0) is 4.79 Å². The molecule has 5 heteroatoms. The quantitative estimate of drug-likeness (QED) is 0.889. The van der Waals surface area contributed by atoms with Gasteiger partial charge in [-0.1, -0.05) is 37.3 Å². The number of nitrogens with zero attached hydrogens (tertiary/aromatic N) is 1. The van der Waals surface area contributed by atoms with Gasteiger partial charge in [0.25, 0.3) is 0 Å². The van der Waals surface area contributed by atoms with Crippen LogP contribution in [0.2, 0.25) is 0 Å². The van der Waals surface area contributed by atoms with Crippen LogP contribution in [-0.4, -0.2) is 35.1 Å². The molecule has 0 radical (unpaired) electrons. The number of carboxylic acids is 1. The predicted molar refractivity (Wildman–Crippen MR) is 75.3 cm³/mol. The number of nitrogens with one attached hydrogen (secondary N) is 1. The van der Waals surface area contributed by atoms with E-state index >= 15 is 0 Å². The van der Waals surface area contributed by atoms with E-state index in [1.54, 1.807) is 29.2 Å². The number of aliphatic carboxylic acids is 1. The Hall–Kier alpha value is -2.04. The van der Waals surface area contributed by atoms with Gasteiger partial charge in [-0.15, -0.1) is 0 Å². The van der Waals surface area contributed by atoms with E-state index in [2.05, 4.69) is 12.2 Å². The summed E-state index contributed by atoms with van der Waals surface area (Å²) in [7, 11) is 0. The monoisotopic (exact) mass is 276 g/mol. The number of carboxylic acid groups (broad SMARTS) is 1. The third-order valence-corrected chi connectivity index (χ3v) is 3.59. The summed E-state index contributed by atoms with van der Waals surface area (Å²) in [5.41, 5.74) is 0.582. The van der Waals surface area contributed by atoms with Gasteiger partial charge in [-0.05, 0) is 24.3 Å². The van der Waals surface area contributed by atoms with Crippen molar-refractivity contribution < 1.29 is 14.7 Å². The average Bonchev–Trinajstić information content (AvgIpc) is 2.45. The van der Waals surface area contributed by atoms with Crippen LogP contribution in [0.4, 0.5) is 4.79 Å². The van der Waals surface area contributed by atoms with E-state index in [1.807, 2.05) is 6.07 Å². The zero-order valence-corrected chi connectivity index (χ0v) is 11.6. The van der Waals surface area contributed by atoms with Gasteiger partial charge in [-0.3, -0.25) is 0 Å². The predicted octanol–water partition coefficient (Wildman–Crippen LogP) is 2.25. The summed E-state index contributed by atoms with van der Waals surface area (Å²) in [6.45, 7) is 3.48. The molecule has 1 aromatic carbocycles. The Bertz CT molecular complexity index is 475. The third kappa shape index (κ3) is 3.50. The van der Waals surface area contributed by atoms with Crippen molar-refractivity contribution in [3.05, 3.63) is 35.9 Å². The molecule has 0 aliphatic carbocycles. The summed E-state index contributed by atoms with van der Waals surface area (Å²) in [5, 5.41) is 11.9. The number of rotatable bonds is 3. The highest BCUT2D eigenvalue weighted by Crippen LogP contribution is 2.17. The number of carbonyl (C=O) groups is 2. The lowest BCUT2D eigenvalue weighted by atomic mass is 10.0. The lowest BCUT2D eigenvalue weighted by Crippen LogP contribution is -2.47. The van der Waals surface area contributed by atoms with E-state index in [-0.39, 0.29) is 6.03 Å². The van der Waals surface area contributed by atoms with Crippen molar-refractivity contribution in [1.29, 1.82) is 0 Å². The first-order valence-corrected chi connectivity index (χ1v) is 6.91. The van der Waals surface area contributed by atoms with Crippen LogP contribution in [0.25, 0.3) is 0 Å². The van der Waals surface area contributed by atoms with Crippen LogP contribution in [0.15, 0.2) is 30.3 Å². The highest BCUT2D eigenvalue weighted by atomic mass is 16.4. The van der Waals surface area contributed by atoms with Crippen molar-refractivity contribution in [2.45, 2.75) is 25.8 Å². The molecule has 1 aliphatic rings. The van der Waals surface area contributed by atoms with Crippen LogP contribution in [0.5, 0.6) is 0 Å². The van der Waals surface area contributed by atoms with Crippen LogP contribution >= 0.6 is 0 Å². The molecule has 1 saturated heterocycles. The molecule has 2 atom stereocenters. The molecular formula is C15H20N2O3. The summed E-state index contributed by atoms with van der Waals surface area (Å²) >= 11 is 0. The number of hydrogen-bond acceptors (Lipinski definition) is 2. The van der Waals surface area contributed by atoms with Gasteiger partial charge in [0, 0.05) is 13.1 Å².